The second kappa shape index (κ2) is 8.82. The molecule has 0 bridgehead atoms. The van der Waals surface area contributed by atoms with E-state index >= 15 is 0 Å². The van der Waals surface area contributed by atoms with Gasteiger partial charge in [0.2, 0.25) is 5.91 Å². The van der Waals surface area contributed by atoms with E-state index in [1.165, 1.54) is 35.7 Å². The highest BCUT2D eigenvalue weighted by molar-refractivity contribution is 7.93. The molecular formula is C25H26FN5O3S2. The molecule has 11 heteroatoms. The first-order chi connectivity index (χ1) is 17.4. The van der Waals surface area contributed by atoms with Crippen LogP contribution in [0.15, 0.2) is 58.9 Å². The molecule has 1 atom stereocenters. The van der Waals surface area contributed by atoms with E-state index < -0.39 is 10.0 Å². The number of sulfonamides is 1. The van der Waals surface area contributed by atoms with Crippen LogP contribution in [0.5, 0.6) is 0 Å². The molecule has 2 N–H and O–H groups in total. The second-order valence-corrected chi connectivity index (χ2v) is 12.1. The SMILES string of the molecule is O=C1[C@@H](N2CC3(CCNCC3)c3cc(F)ccc32)CCN1c1ccc(S(=O)(=O)Nc2nccs2)cc1. The monoisotopic (exact) mass is 527 g/mol. The van der Waals surface area contributed by atoms with Gasteiger partial charge in [0.15, 0.2) is 5.13 Å². The van der Waals surface area contributed by atoms with E-state index in [0.717, 1.165) is 37.2 Å². The number of carbonyl (C=O) groups excluding carboxylic acids is 1. The Balaban J connectivity index is 1.23. The van der Waals surface area contributed by atoms with Crippen molar-refractivity contribution in [1.29, 1.82) is 0 Å². The summed E-state index contributed by atoms with van der Waals surface area (Å²) in [4.78, 5) is 21.5. The molecule has 1 aromatic heterocycles. The number of piperidine rings is 1. The number of anilines is 3. The maximum atomic E-state index is 14.2. The zero-order valence-corrected chi connectivity index (χ0v) is 21.1. The fourth-order valence-electron chi connectivity index (χ4n) is 5.75. The Bertz CT molecular complexity index is 1390. The van der Waals surface area contributed by atoms with Crippen molar-refractivity contribution in [2.75, 3.05) is 40.7 Å². The number of thiazole rings is 1. The minimum Gasteiger partial charge on any atom is -0.358 e. The number of carbonyl (C=O) groups is 1. The molecular weight excluding hydrogens is 501 g/mol. The van der Waals surface area contributed by atoms with Gasteiger partial charge in [-0.25, -0.2) is 17.8 Å². The number of nitrogens with one attached hydrogen (secondary N) is 2. The van der Waals surface area contributed by atoms with Crippen LogP contribution < -0.4 is 19.8 Å². The number of hydrogen-bond acceptors (Lipinski definition) is 7. The fourth-order valence-corrected chi connectivity index (χ4v) is 7.54. The molecule has 2 saturated heterocycles. The molecule has 0 radical (unpaired) electrons. The van der Waals surface area contributed by atoms with E-state index in [9.17, 15) is 17.6 Å². The molecule has 3 aromatic rings. The minimum atomic E-state index is -3.76. The van der Waals surface area contributed by atoms with Gasteiger partial charge in [-0.2, -0.15) is 0 Å². The number of amides is 1. The van der Waals surface area contributed by atoms with Crippen molar-refractivity contribution in [3.05, 3.63) is 65.4 Å². The van der Waals surface area contributed by atoms with E-state index in [-0.39, 0.29) is 28.1 Å². The van der Waals surface area contributed by atoms with Crippen LogP contribution in [0.25, 0.3) is 0 Å². The van der Waals surface area contributed by atoms with Crippen LogP contribution in [0.4, 0.5) is 20.9 Å². The predicted molar refractivity (Wildman–Crippen MR) is 138 cm³/mol. The van der Waals surface area contributed by atoms with Crippen molar-refractivity contribution in [1.82, 2.24) is 10.3 Å². The zero-order chi connectivity index (χ0) is 24.9. The van der Waals surface area contributed by atoms with Crippen LogP contribution in [0.2, 0.25) is 0 Å². The van der Waals surface area contributed by atoms with Crippen molar-refractivity contribution >= 4 is 43.8 Å². The molecule has 3 aliphatic rings. The molecule has 6 rings (SSSR count). The molecule has 188 valence electrons. The second-order valence-electron chi connectivity index (χ2n) is 9.55. The van der Waals surface area contributed by atoms with Gasteiger partial charge in [-0.15, -0.1) is 11.3 Å². The topological polar surface area (TPSA) is 94.6 Å². The number of benzene rings is 2. The fraction of sp³-hybridized carbons (Fsp3) is 0.360. The number of nitrogens with zero attached hydrogens (tertiary/aromatic N) is 3. The Morgan fingerprint density at radius 3 is 2.64 bits per heavy atom. The summed E-state index contributed by atoms with van der Waals surface area (Å²) in [5.74, 6) is -0.264. The van der Waals surface area contributed by atoms with Crippen molar-refractivity contribution in [3.63, 3.8) is 0 Å². The van der Waals surface area contributed by atoms with Gasteiger partial charge in [0, 0.05) is 41.5 Å². The Morgan fingerprint density at radius 1 is 1.14 bits per heavy atom. The lowest BCUT2D eigenvalue weighted by atomic mass is 9.75. The van der Waals surface area contributed by atoms with E-state index in [4.69, 9.17) is 0 Å². The maximum Gasteiger partial charge on any atom is 0.263 e. The normalized spacial score (nSPS) is 21.2. The van der Waals surface area contributed by atoms with Crippen LogP contribution in [0.3, 0.4) is 0 Å². The van der Waals surface area contributed by atoms with Gasteiger partial charge in [-0.05, 0) is 80.4 Å². The first-order valence-electron chi connectivity index (χ1n) is 12.0. The number of hydrogen-bond donors (Lipinski definition) is 2. The van der Waals surface area contributed by atoms with Crippen LogP contribution >= 0.6 is 11.3 Å². The summed E-state index contributed by atoms with van der Waals surface area (Å²) >= 11 is 1.20. The summed E-state index contributed by atoms with van der Waals surface area (Å²) in [5, 5.41) is 5.39. The Labute approximate surface area is 213 Å². The van der Waals surface area contributed by atoms with Crippen molar-refractivity contribution < 1.29 is 17.6 Å². The lowest BCUT2D eigenvalue weighted by Gasteiger charge is -2.35. The Kier molecular flexibility index (Phi) is 5.73. The molecule has 36 heavy (non-hydrogen) atoms. The molecule has 0 aliphatic carbocycles. The van der Waals surface area contributed by atoms with Gasteiger partial charge in [0.1, 0.15) is 11.9 Å². The zero-order valence-electron chi connectivity index (χ0n) is 19.5. The molecule has 1 amide bonds. The van der Waals surface area contributed by atoms with Gasteiger partial charge in [0.25, 0.3) is 10.0 Å². The number of rotatable bonds is 5. The smallest absolute Gasteiger partial charge is 0.263 e. The standard InChI is InChI=1S/C25H26FN5O3S2/c26-17-1-6-21-20(15-17)25(8-10-27-11-9-25)16-31(21)22-7-13-30(23(22)32)18-2-4-19(5-3-18)36(33,34)29-24-28-12-14-35-24/h1-6,12,14-15,22,27H,7-11,13,16H2,(H,28,29)/t22-/m0/s1. The highest BCUT2D eigenvalue weighted by Crippen LogP contribution is 2.48. The van der Waals surface area contributed by atoms with Gasteiger partial charge in [0.05, 0.1) is 4.90 Å². The van der Waals surface area contributed by atoms with E-state index in [1.807, 2.05) is 6.07 Å². The average molecular weight is 528 g/mol. The third-order valence-electron chi connectivity index (χ3n) is 7.54. The quantitative estimate of drug-likeness (QED) is 0.529. The summed E-state index contributed by atoms with van der Waals surface area (Å²) in [6.07, 6.45) is 4.00. The first-order valence-corrected chi connectivity index (χ1v) is 14.3. The van der Waals surface area contributed by atoms with Gasteiger partial charge in [-0.3, -0.25) is 9.52 Å². The van der Waals surface area contributed by atoms with Crippen molar-refractivity contribution in [3.8, 4) is 0 Å². The highest BCUT2D eigenvalue weighted by atomic mass is 32.2. The number of halogens is 1. The van der Waals surface area contributed by atoms with Gasteiger partial charge in [-0.1, -0.05) is 0 Å². The lowest BCUT2D eigenvalue weighted by molar-refractivity contribution is -0.118. The van der Waals surface area contributed by atoms with E-state index in [2.05, 4.69) is 19.9 Å². The first kappa shape index (κ1) is 23.4. The summed E-state index contributed by atoms with van der Waals surface area (Å²) in [6.45, 7) is 2.99. The highest BCUT2D eigenvalue weighted by Gasteiger charge is 2.48. The molecule has 4 heterocycles. The third kappa shape index (κ3) is 3.95. The third-order valence-corrected chi connectivity index (χ3v) is 9.71. The van der Waals surface area contributed by atoms with Crippen LogP contribution in [0, 0.1) is 5.82 Å². The Hall–Kier alpha value is -3.02. The lowest BCUT2D eigenvalue weighted by Crippen LogP contribution is -2.47. The molecule has 8 nitrogen and oxygen atoms in total. The van der Waals surface area contributed by atoms with Crippen LogP contribution in [0.1, 0.15) is 24.8 Å². The summed E-state index contributed by atoms with van der Waals surface area (Å²) in [6, 6.07) is 10.9. The van der Waals surface area contributed by atoms with Crippen LogP contribution in [-0.4, -0.2) is 51.5 Å². The van der Waals surface area contributed by atoms with Gasteiger partial charge < -0.3 is 15.1 Å². The molecule has 3 aliphatic heterocycles. The summed E-state index contributed by atoms with van der Waals surface area (Å²) in [7, 11) is -3.76. The molecule has 2 aromatic carbocycles. The summed E-state index contributed by atoms with van der Waals surface area (Å²) < 4.78 is 42.0. The van der Waals surface area contributed by atoms with E-state index in [1.54, 1.807) is 28.5 Å². The average Bonchev–Trinajstić information content (AvgIpc) is 3.59. The minimum absolute atomic E-state index is 0.0206. The molecule has 2 fully saturated rings. The predicted octanol–water partition coefficient (Wildman–Crippen LogP) is 3.33. The van der Waals surface area contributed by atoms with Crippen LogP contribution in [-0.2, 0) is 20.2 Å². The van der Waals surface area contributed by atoms with Gasteiger partial charge >= 0.3 is 0 Å². The summed E-state index contributed by atoms with van der Waals surface area (Å²) in [5.41, 5.74) is 2.48. The van der Waals surface area contributed by atoms with Crippen molar-refractivity contribution in [2.24, 2.45) is 0 Å². The Morgan fingerprint density at radius 2 is 1.92 bits per heavy atom. The van der Waals surface area contributed by atoms with Crippen molar-refractivity contribution in [2.45, 2.75) is 35.6 Å². The number of fused-ring (bicyclic) bond motifs is 2. The largest absolute Gasteiger partial charge is 0.358 e. The molecule has 0 unspecified atom stereocenters. The molecule has 1 spiro atoms. The molecule has 0 saturated carbocycles. The maximum absolute atomic E-state index is 14.2. The number of aromatic nitrogens is 1. The van der Waals surface area contributed by atoms with E-state index in [0.29, 0.717) is 30.3 Å².